The van der Waals surface area contributed by atoms with Gasteiger partial charge in [0, 0.05) is 17.6 Å². The van der Waals surface area contributed by atoms with Crippen LogP contribution in [0.5, 0.6) is 0 Å². The molecule has 0 saturated carbocycles. The maximum absolute atomic E-state index is 12.2. The smallest absolute Gasteiger partial charge is 0.299 e. The summed E-state index contributed by atoms with van der Waals surface area (Å²) in [4.78, 5) is 29.5. The van der Waals surface area contributed by atoms with Crippen LogP contribution in [0.15, 0.2) is 15.8 Å². The topological polar surface area (TPSA) is 80.7 Å². The van der Waals surface area contributed by atoms with E-state index in [4.69, 9.17) is 5.26 Å². The molecule has 0 N–H and O–H groups in total. The maximum Gasteiger partial charge on any atom is 0.331 e. The van der Waals surface area contributed by atoms with E-state index in [0.717, 1.165) is 20.1 Å². The van der Waals surface area contributed by atoms with Crippen LogP contribution in [0.1, 0.15) is 28.1 Å². The third kappa shape index (κ3) is 2.42. The Morgan fingerprint density at radius 2 is 2.10 bits per heavy atom. The number of thiazole rings is 1. The first kappa shape index (κ1) is 14.2. The number of rotatable bonds is 3. The average molecular weight is 290 g/mol. The molecule has 2 aromatic heterocycles. The summed E-state index contributed by atoms with van der Waals surface area (Å²) in [5.41, 5.74) is -0.163. The molecule has 0 aromatic carbocycles. The standard InChI is InChI=1S/C13H14N4O2S/c1-4-16-6-10(5-14)12(18)17(13(16)19)7-11-8(2)15-9(3)20-11/h6H,4,7H2,1-3H3. The van der Waals surface area contributed by atoms with Crippen molar-refractivity contribution in [3.05, 3.63) is 48.2 Å². The largest absolute Gasteiger partial charge is 0.331 e. The summed E-state index contributed by atoms with van der Waals surface area (Å²) in [6.45, 7) is 6.08. The number of nitrogens with zero attached hydrogens (tertiary/aromatic N) is 4. The van der Waals surface area contributed by atoms with Gasteiger partial charge in [-0.1, -0.05) is 0 Å². The summed E-state index contributed by atoms with van der Waals surface area (Å²) in [7, 11) is 0. The zero-order valence-electron chi connectivity index (χ0n) is 11.5. The van der Waals surface area contributed by atoms with E-state index in [9.17, 15) is 9.59 Å². The number of hydrogen-bond donors (Lipinski definition) is 0. The second kappa shape index (κ2) is 5.43. The lowest BCUT2D eigenvalue weighted by Gasteiger charge is -2.08. The van der Waals surface area contributed by atoms with Crippen LogP contribution in [0.3, 0.4) is 0 Å². The molecular formula is C13H14N4O2S. The molecule has 0 aliphatic heterocycles. The van der Waals surface area contributed by atoms with Crippen LogP contribution < -0.4 is 11.2 Å². The Labute approximate surface area is 119 Å². The number of aryl methyl sites for hydroxylation is 3. The van der Waals surface area contributed by atoms with Crippen molar-refractivity contribution >= 4 is 11.3 Å². The molecule has 0 radical (unpaired) electrons. The fourth-order valence-corrected chi connectivity index (χ4v) is 2.89. The van der Waals surface area contributed by atoms with Gasteiger partial charge in [0.2, 0.25) is 0 Å². The van der Waals surface area contributed by atoms with Crippen molar-refractivity contribution in [3.63, 3.8) is 0 Å². The van der Waals surface area contributed by atoms with Gasteiger partial charge in [0.15, 0.2) is 0 Å². The van der Waals surface area contributed by atoms with E-state index in [-0.39, 0.29) is 12.1 Å². The lowest BCUT2D eigenvalue weighted by Crippen LogP contribution is -2.40. The molecule has 7 heteroatoms. The van der Waals surface area contributed by atoms with E-state index in [1.54, 1.807) is 6.92 Å². The summed E-state index contributed by atoms with van der Waals surface area (Å²) in [6, 6.07) is 1.84. The van der Waals surface area contributed by atoms with Crippen molar-refractivity contribution in [2.75, 3.05) is 0 Å². The van der Waals surface area contributed by atoms with E-state index < -0.39 is 11.2 Å². The summed E-state index contributed by atoms with van der Waals surface area (Å²) < 4.78 is 2.46. The van der Waals surface area contributed by atoms with Crippen LogP contribution in [0, 0.1) is 25.2 Å². The first-order chi connectivity index (χ1) is 9.47. The van der Waals surface area contributed by atoms with Gasteiger partial charge in [0.1, 0.15) is 11.6 Å². The highest BCUT2D eigenvalue weighted by Crippen LogP contribution is 2.17. The van der Waals surface area contributed by atoms with Crippen LogP contribution in [0.25, 0.3) is 0 Å². The second-order valence-electron chi connectivity index (χ2n) is 4.36. The van der Waals surface area contributed by atoms with Crippen molar-refractivity contribution in [1.29, 1.82) is 5.26 Å². The number of nitriles is 1. The summed E-state index contributed by atoms with van der Waals surface area (Å²) >= 11 is 1.45. The second-order valence-corrected chi connectivity index (χ2v) is 5.64. The molecule has 0 unspecified atom stereocenters. The third-order valence-corrected chi connectivity index (χ3v) is 4.06. The van der Waals surface area contributed by atoms with Crippen molar-refractivity contribution in [3.8, 4) is 6.07 Å². The quantitative estimate of drug-likeness (QED) is 0.845. The Morgan fingerprint density at radius 1 is 1.40 bits per heavy atom. The molecule has 0 fully saturated rings. The molecule has 0 saturated heterocycles. The zero-order chi connectivity index (χ0) is 14.9. The van der Waals surface area contributed by atoms with Gasteiger partial charge in [-0.2, -0.15) is 5.26 Å². The van der Waals surface area contributed by atoms with Gasteiger partial charge < -0.3 is 0 Å². The molecule has 0 aliphatic rings. The highest BCUT2D eigenvalue weighted by molar-refractivity contribution is 7.11. The van der Waals surface area contributed by atoms with Crippen molar-refractivity contribution in [2.45, 2.75) is 33.9 Å². The maximum atomic E-state index is 12.2. The van der Waals surface area contributed by atoms with Gasteiger partial charge in [-0.15, -0.1) is 11.3 Å². The van der Waals surface area contributed by atoms with Crippen LogP contribution in [0.4, 0.5) is 0 Å². The monoisotopic (exact) mass is 290 g/mol. The van der Waals surface area contributed by atoms with Crippen molar-refractivity contribution in [2.24, 2.45) is 0 Å². The van der Waals surface area contributed by atoms with Crippen molar-refractivity contribution < 1.29 is 0 Å². The SMILES string of the molecule is CCn1cc(C#N)c(=O)n(Cc2sc(C)nc2C)c1=O. The average Bonchev–Trinajstić information content (AvgIpc) is 2.73. The van der Waals surface area contributed by atoms with Crippen molar-refractivity contribution in [1.82, 2.24) is 14.1 Å². The van der Waals surface area contributed by atoms with Gasteiger partial charge in [0.05, 0.1) is 17.2 Å². The van der Waals surface area contributed by atoms with Gasteiger partial charge in [-0.25, -0.2) is 9.78 Å². The zero-order valence-corrected chi connectivity index (χ0v) is 12.3. The van der Waals surface area contributed by atoms with E-state index in [0.29, 0.717) is 6.54 Å². The molecular weight excluding hydrogens is 276 g/mol. The Kier molecular flexibility index (Phi) is 3.86. The fourth-order valence-electron chi connectivity index (χ4n) is 1.96. The molecule has 0 aliphatic carbocycles. The van der Waals surface area contributed by atoms with Gasteiger partial charge in [-0.05, 0) is 20.8 Å². The van der Waals surface area contributed by atoms with Gasteiger partial charge in [-0.3, -0.25) is 13.9 Å². The minimum Gasteiger partial charge on any atom is -0.299 e. The van der Waals surface area contributed by atoms with Crippen LogP contribution in [-0.2, 0) is 13.1 Å². The predicted molar refractivity (Wildman–Crippen MR) is 76.0 cm³/mol. The normalized spacial score (nSPS) is 10.5. The first-order valence-corrected chi connectivity index (χ1v) is 6.96. The number of hydrogen-bond acceptors (Lipinski definition) is 5. The summed E-state index contributed by atoms with van der Waals surface area (Å²) in [6.07, 6.45) is 1.31. The van der Waals surface area contributed by atoms with Crippen LogP contribution >= 0.6 is 11.3 Å². The molecule has 2 aromatic rings. The highest BCUT2D eigenvalue weighted by Gasteiger charge is 2.13. The predicted octanol–water partition coefficient (Wildman–Crippen LogP) is 1.02. The molecule has 0 bridgehead atoms. The van der Waals surface area contributed by atoms with Gasteiger partial charge in [0.25, 0.3) is 5.56 Å². The summed E-state index contributed by atoms with van der Waals surface area (Å²) in [5.74, 6) is 0. The molecule has 2 rings (SSSR count). The van der Waals surface area contributed by atoms with E-state index in [2.05, 4.69) is 4.98 Å². The minimum absolute atomic E-state index is 0.0228. The lowest BCUT2D eigenvalue weighted by molar-refractivity contribution is 0.599. The summed E-state index contributed by atoms with van der Waals surface area (Å²) in [5, 5.41) is 9.88. The molecule has 0 atom stereocenters. The number of aromatic nitrogens is 3. The highest BCUT2D eigenvalue weighted by atomic mass is 32.1. The molecule has 0 spiro atoms. The van der Waals surface area contributed by atoms with E-state index in [1.165, 1.54) is 22.1 Å². The van der Waals surface area contributed by atoms with E-state index >= 15 is 0 Å². The Hall–Kier alpha value is -2.20. The van der Waals surface area contributed by atoms with Crippen LogP contribution in [-0.4, -0.2) is 14.1 Å². The molecule has 2 heterocycles. The third-order valence-electron chi connectivity index (χ3n) is 3.00. The lowest BCUT2D eigenvalue weighted by atomic mass is 10.3. The minimum atomic E-state index is -0.548. The fraction of sp³-hybridized carbons (Fsp3) is 0.385. The molecule has 20 heavy (non-hydrogen) atoms. The molecule has 0 amide bonds. The van der Waals surface area contributed by atoms with Crippen LogP contribution in [0.2, 0.25) is 0 Å². The Morgan fingerprint density at radius 3 is 2.60 bits per heavy atom. The Balaban J connectivity index is 2.62. The molecule has 6 nitrogen and oxygen atoms in total. The molecule has 104 valence electrons. The van der Waals surface area contributed by atoms with Gasteiger partial charge >= 0.3 is 5.69 Å². The Bertz CT molecular complexity index is 807. The first-order valence-electron chi connectivity index (χ1n) is 6.15. The van der Waals surface area contributed by atoms with E-state index in [1.807, 2.05) is 19.9 Å².